The van der Waals surface area contributed by atoms with Gasteiger partial charge >= 0.3 is 0 Å². The van der Waals surface area contributed by atoms with Crippen molar-refractivity contribution >= 4 is 0 Å². The first-order valence-electron chi connectivity index (χ1n) is 6.41. The van der Waals surface area contributed by atoms with E-state index < -0.39 is 0 Å². The Morgan fingerprint density at radius 1 is 1.00 bits per heavy atom. The molecular weight excluding hydrogens is 220 g/mol. The van der Waals surface area contributed by atoms with Crippen molar-refractivity contribution < 1.29 is 4.74 Å². The van der Waals surface area contributed by atoms with Crippen LogP contribution in [0.4, 0.5) is 0 Å². The second-order valence-corrected chi connectivity index (χ2v) is 5.11. The van der Waals surface area contributed by atoms with Gasteiger partial charge in [0.2, 0.25) is 0 Å². The fourth-order valence-corrected chi connectivity index (χ4v) is 3.07. The van der Waals surface area contributed by atoms with Crippen molar-refractivity contribution in [1.82, 2.24) is 0 Å². The number of benzene rings is 2. The number of hydrogen-bond acceptors (Lipinski definition) is 1. The molecule has 0 fully saturated rings. The quantitative estimate of drug-likeness (QED) is 0.655. The van der Waals surface area contributed by atoms with Crippen LogP contribution in [0.5, 0.6) is 0 Å². The summed E-state index contributed by atoms with van der Waals surface area (Å²) in [4.78, 5) is 0. The first kappa shape index (κ1) is 11.5. The molecule has 0 saturated carbocycles. The Bertz CT molecular complexity index is 611. The van der Waals surface area contributed by atoms with Crippen molar-refractivity contribution in [2.75, 3.05) is 7.11 Å². The molecule has 0 spiro atoms. The van der Waals surface area contributed by atoms with Gasteiger partial charge in [0.1, 0.15) is 0 Å². The van der Waals surface area contributed by atoms with Gasteiger partial charge in [-0.05, 0) is 59.2 Å². The molecule has 92 valence electrons. The molecule has 0 aromatic heterocycles. The molecule has 3 rings (SSSR count). The Hall–Kier alpha value is -1.60. The largest absolute Gasteiger partial charge is 0.380 e. The Balaban J connectivity index is 2.27. The first-order valence-corrected chi connectivity index (χ1v) is 6.41. The molecule has 0 unspecified atom stereocenters. The highest BCUT2D eigenvalue weighted by Crippen LogP contribution is 2.42. The van der Waals surface area contributed by atoms with E-state index in [1.807, 2.05) is 0 Å². The van der Waals surface area contributed by atoms with E-state index in [0.29, 0.717) is 6.61 Å². The van der Waals surface area contributed by atoms with Gasteiger partial charge in [0, 0.05) is 7.11 Å². The lowest BCUT2D eigenvalue weighted by molar-refractivity contribution is 0.184. The smallest absolute Gasteiger partial charge is 0.0716 e. The number of hydrogen-bond donors (Lipinski definition) is 0. The van der Waals surface area contributed by atoms with E-state index in [-0.39, 0.29) is 0 Å². The molecule has 0 saturated heterocycles. The van der Waals surface area contributed by atoms with Gasteiger partial charge in [0.05, 0.1) is 6.61 Å². The van der Waals surface area contributed by atoms with E-state index in [9.17, 15) is 0 Å². The molecule has 0 heterocycles. The summed E-state index contributed by atoms with van der Waals surface area (Å²) in [6.45, 7) is 5.11. The van der Waals surface area contributed by atoms with Crippen LogP contribution in [0.1, 0.15) is 27.8 Å². The Labute approximate surface area is 108 Å². The van der Waals surface area contributed by atoms with Gasteiger partial charge in [-0.1, -0.05) is 30.3 Å². The summed E-state index contributed by atoms with van der Waals surface area (Å²) in [6.07, 6.45) is 1.05. The van der Waals surface area contributed by atoms with Gasteiger partial charge in [-0.2, -0.15) is 0 Å². The van der Waals surface area contributed by atoms with Gasteiger partial charge in [-0.25, -0.2) is 0 Å². The molecule has 1 aliphatic carbocycles. The monoisotopic (exact) mass is 238 g/mol. The number of fused-ring (bicyclic) bond motifs is 3. The third-order valence-electron chi connectivity index (χ3n) is 3.89. The summed E-state index contributed by atoms with van der Waals surface area (Å²) >= 11 is 0. The summed E-state index contributed by atoms with van der Waals surface area (Å²) in [7, 11) is 1.76. The van der Waals surface area contributed by atoms with E-state index in [4.69, 9.17) is 4.74 Å². The average molecular weight is 238 g/mol. The highest BCUT2D eigenvalue weighted by Gasteiger charge is 2.23. The molecule has 2 aromatic rings. The van der Waals surface area contributed by atoms with Crippen molar-refractivity contribution in [1.29, 1.82) is 0 Å². The lowest BCUT2D eigenvalue weighted by atomic mass is 9.94. The average Bonchev–Trinajstić information content (AvgIpc) is 2.75. The van der Waals surface area contributed by atoms with E-state index in [0.717, 1.165) is 6.42 Å². The second kappa shape index (κ2) is 4.25. The Morgan fingerprint density at radius 2 is 1.78 bits per heavy atom. The maximum Gasteiger partial charge on any atom is 0.0716 e. The normalized spacial score (nSPS) is 12.4. The molecule has 0 radical (unpaired) electrons. The number of ether oxygens (including phenoxy) is 1. The summed E-state index contributed by atoms with van der Waals surface area (Å²) in [5, 5.41) is 0. The molecule has 0 aliphatic heterocycles. The Morgan fingerprint density at radius 3 is 2.56 bits per heavy atom. The summed E-state index contributed by atoms with van der Waals surface area (Å²) in [5.41, 5.74) is 9.88. The third-order valence-corrected chi connectivity index (χ3v) is 3.89. The van der Waals surface area contributed by atoms with Crippen LogP contribution in [0.25, 0.3) is 11.1 Å². The van der Waals surface area contributed by atoms with Crippen molar-refractivity contribution in [2.24, 2.45) is 0 Å². The minimum absolute atomic E-state index is 0.704. The minimum atomic E-state index is 0.704. The summed E-state index contributed by atoms with van der Waals surface area (Å²) in [5.74, 6) is 0. The molecule has 0 N–H and O–H groups in total. The molecule has 1 aliphatic rings. The first-order chi connectivity index (χ1) is 8.72. The molecule has 1 nitrogen and oxygen atoms in total. The highest BCUT2D eigenvalue weighted by atomic mass is 16.5. The van der Waals surface area contributed by atoms with Gasteiger partial charge in [-0.15, -0.1) is 0 Å². The van der Waals surface area contributed by atoms with Crippen LogP contribution < -0.4 is 0 Å². The molecular formula is C17H18O. The highest BCUT2D eigenvalue weighted by molar-refractivity contribution is 5.82. The second-order valence-electron chi connectivity index (χ2n) is 5.11. The predicted molar refractivity (Wildman–Crippen MR) is 74.9 cm³/mol. The van der Waals surface area contributed by atoms with E-state index in [1.165, 1.54) is 38.9 Å². The van der Waals surface area contributed by atoms with Crippen molar-refractivity contribution in [3.05, 3.63) is 58.1 Å². The van der Waals surface area contributed by atoms with Gasteiger partial charge in [0.25, 0.3) is 0 Å². The fraction of sp³-hybridized carbons (Fsp3) is 0.294. The molecule has 18 heavy (non-hydrogen) atoms. The summed E-state index contributed by atoms with van der Waals surface area (Å²) < 4.78 is 5.32. The van der Waals surface area contributed by atoms with Crippen molar-refractivity contribution in [3.63, 3.8) is 0 Å². The maximum absolute atomic E-state index is 5.32. The molecule has 2 aromatic carbocycles. The van der Waals surface area contributed by atoms with Gasteiger partial charge < -0.3 is 4.74 Å². The topological polar surface area (TPSA) is 9.23 Å². The molecule has 0 bridgehead atoms. The SMILES string of the molecule is COCc1ccc(C)c2c1Cc1cccc(C)c1-2. The van der Waals surface area contributed by atoms with E-state index in [2.05, 4.69) is 44.2 Å². The van der Waals surface area contributed by atoms with Gasteiger partial charge in [0.15, 0.2) is 0 Å². The van der Waals surface area contributed by atoms with Crippen molar-refractivity contribution in [3.8, 4) is 11.1 Å². The van der Waals surface area contributed by atoms with Crippen LogP contribution >= 0.6 is 0 Å². The van der Waals surface area contributed by atoms with Crippen LogP contribution in [0.3, 0.4) is 0 Å². The van der Waals surface area contributed by atoms with E-state index >= 15 is 0 Å². The number of rotatable bonds is 2. The van der Waals surface area contributed by atoms with E-state index in [1.54, 1.807) is 7.11 Å². The molecule has 1 heteroatoms. The number of methoxy groups -OCH3 is 1. The maximum atomic E-state index is 5.32. The zero-order valence-electron chi connectivity index (χ0n) is 11.2. The van der Waals surface area contributed by atoms with Crippen molar-refractivity contribution in [2.45, 2.75) is 26.9 Å². The van der Waals surface area contributed by atoms with Gasteiger partial charge in [-0.3, -0.25) is 0 Å². The zero-order valence-corrected chi connectivity index (χ0v) is 11.2. The van der Waals surface area contributed by atoms with Crippen LogP contribution in [0.15, 0.2) is 30.3 Å². The van der Waals surface area contributed by atoms with Crippen LogP contribution in [0.2, 0.25) is 0 Å². The van der Waals surface area contributed by atoms with Crippen LogP contribution in [0, 0.1) is 13.8 Å². The zero-order chi connectivity index (χ0) is 12.7. The fourth-order valence-electron chi connectivity index (χ4n) is 3.07. The molecule has 0 atom stereocenters. The Kier molecular flexibility index (Phi) is 2.71. The lowest BCUT2D eigenvalue weighted by Crippen LogP contribution is -1.96. The minimum Gasteiger partial charge on any atom is -0.380 e. The molecule has 0 amide bonds. The standard InChI is InChI=1S/C17H18O/c1-11-5-4-6-13-9-15-14(10-18-3)8-7-12(2)17(15)16(11)13/h4-8H,9-10H2,1-3H3. The predicted octanol–water partition coefficient (Wildman–Crippen LogP) is 4.02. The van der Waals surface area contributed by atoms with Crippen LogP contribution in [-0.2, 0) is 17.8 Å². The number of aryl methyl sites for hydroxylation is 2. The van der Waals surface area contributed by atoms with Crippen LogP contribution in [-0.4, -0.2) is 7.11 Å². The third kappa shape index (κ3) is 1.58. The summed E-state index contributed by atoms with van der Waals surface area (Å²) in [6, 6.07) is 11.0. The lowest BCUT2D eigenvalue weighted by Gasteiger charge is -2.11.